The van der Waals surface area contributed by atoms with Crippen molar-refractivity contribution in [1.29, 1.82) is 0 Å². The molecule has 1 saturated carbocycles. The van der Waals surface area contributed by atoms with E-state index in [1.165, 1.54) is 19.3 Å². The van der Waals surface area contributed by atoms with Gasteiger partial charge in [-0.1, -0.05) is 19.1 Å². The number of nitrogens with zero attached hydrogens (tertiary/aromatic N) is 1. The molecule has 1 fully saturated rings. The minimum absolute atomic E-state index is 0.216. The molecule has 0 atom stereocenters. The van der Waals surface area contributed by atoms with E-state index in [0.29, 0.717) is 4.99 Å². The third-order valence-corrected chi connectivity index (χ3v) is 3.66. The number of pyridine rings is 1. The van der Waals surface area contributed by atoms with Crippen molar-refractivity contribution in [2.45, 2.75) is 38.1 Å². The number of thiocarbonyl (C=S) groups is 1. The lowest BCUT2D eigenvalue weighted by atomic mass is 9.75. The summed E-state index contributed by atoms with van der Waals surface area (Å²) in [5.74, 6) is 0.830. The molecule has 1 aromatic rings. The second kappa shape index (κ2) is 4.37. The van der Waals surface area contributed by atoms with Crippen LogP contribution < -0.4 is 11.1 Å². The Morgan fingerprint density at radius 3 is 2.88 bits per heavy atom. The van der Waals surface area contributed by atoms with Gasteiger partial charge in [0.05, 0.1) is 5.56 Å². The second-order valence-electron chi connectivity index (χ2n) is 4.38. The van der Waals surface area contributed by atoms with Crippen LogP contribution in [-0.2, 0) is 0 Å². The molecule has 86 valence electrons. The van der Waals surface area contributed by atoms with Gasteiger partial charge in [0.15, 0.2) is 0 Å². The summed E-state index contributed by atoms with van der Waals surface area (Å²) in [5, 5.41) is 3.51. The van der Waals surface area contributed by atoms with E-state index in [0.717, 1.165) is 17.8 Å². The zero-order valence-electron chi connectivity index (χ0n) is 9.49. The van der Waals surface area contributed by atoms with Crippen molar-refractivity contribution in [3.8, 4) is 0 Å². The average molecular weight is 235 g/mol. The highest BCUT2D eigenvalue weighted by Crippen LogP contribution is 2.38. The highest BCUT2D eigenvalue weighted by Gasteiger charge is 2.35. The quantitative estimate of drug-likeness (QED) is 0.787. The third-order valence-electron chi connectivity index (χ3n) is 3.44. The van der Waals surface area contributed by atoms with Crippen molar-refractivity contribution < 1.29 is 0 Å². The number of rotatable bonds is 4. The molecular formula is C12H17N3S. The molecule has 0 spiro atoms. The van der Waals surface area contributed by atoms with Crippen LogP contribution in [0, 0.1) is 0 Å². The highest BCUT2D eigenvalue weighted by atomic mass is 32.1. The molecular weight excluding hydrogens is 218 g/mol. The maximum absolute atomic E-state index is 5.69. The van der Waals surface area contributed by atoms with E-state index in [1.807, 2.05) is 12.1 Å². The van der Waals surface area contributed by atoms with Crippen molar-refractivity contribution in [3.05, 3.63) is 23.9 Å². The zero-order valence-corrected chi connectivity index (χ0v) is 10.3. The molecule has 4 heteroatoms. The molecule has 0 amide bonds. The normalized spacial score (nSPS) is 17.6. The summed E-state index contributed by atoms with van der Waals surface area (Å²) < 4.78 is 0. The zero-order chi connectivity index (χ0) is 11.6. The van der Waals surface area contributed by atoms with Crippen molar-refractivity contribution >= 4 is 23.0 Å². The van der Waals surface area contributed by atoms with Gasteiger partial charge in [0.25, 0.3) is 0 Å². The molecule has 3 nitrogen and oxygen atoms in total. The topological polar surface area (TPSA) is 50.9 Å². The molecule has 0 aromatic carbocycles. The molecule has 1 aliphatic rings. The smallest absolute Gasteiger partial charge is 0.136 e. The van der Waals surface area contributed by atoms with Gasteiger partial charge in [-0.2, -0.15) is 0 Å². The summed E-state index contributed by atoms with van der Waals surface area (Å²) in [7, 11) is 0. The number of nitrogens with one attached hydrogen (secondary N) is 1. The van der Waals surface area contributed by atoms with Gasteiger partial charge >= 0.3 is 0 Å². The van der Waals surface area contributed by atoms with Gasteiger partial charge in [0.2, 0.25) is 0 Å². The maximum Gasteiger partial charge on any atom is 0.136 e. The van der Waals surface area contributed by atoms with E-state index in [2.05, 4.69) is 17.2 Å². The molecule has 1 aliphatic carbocycles. The van der Waals surface area contributed by atoms with Gasteiger partial charge in [-0.05, 0) is 37.8 Å². The summed E-state index contributed by atoms with van der Waals surface area (Å²) >= 11 is 5.03. The average Bonchev–Trinajstić information content (AvgIpc) is 2.24. The SMILES string of the molecule is CCC1(Nc2ncccc2C(N)=S)CCC1. The number of hydrogen-bond acceptors (Lipinski definition) is 3. The number of hydrogen-bond donors (Lipinski definition) is 2. The van der Waals surface area contributed by atoms with Crippen LogP contribution in [0.3, 0.4) is 0 Å². The summed E-state index contributed by atoms with van der Waals surface area (Å²) in [6.45, 7) is 2.20. The monoisotopic (exact) mass is 235 g/mol. The number of aromatic nitrogens is 1. The lowest BCUT2D eigenvalue weighted by Crippen LogP contribution is -2.45. The van der Waals surface area contributed by atoms with Crippen molar-refractivity contribution in [3.63, 3.8) is 0 Å². The van der Waals surface area contributed by atoms with Crippen molar-refractivity contribution in [2.24, 2.45) is 5.73 Å². The van der Waals surface area contributed by atoms with Crippen LogP contribution in [0.5, 0.6) is 0 Å². The Labute approximate surface area is 101 Å². The third kappa shape index (κ3) is 2.02. The van der Waals surface area contributed by atoms with E-state index in [9.17, 15) is 0 Å². The largest absolute Gasteiger partial charge is 0.389 e. The predicted octanol–water partition coefficient (Wildman–Crippen LogP) is 2.46. The molecule has 0 saturated heterocycles. The van der Waals surface area contributed by atoms with Crippen LogP contribution in [-0.4, -0.2) is 15.5 Å². The predicted molar refractivity (Wildman–Crippen MR) is 70.6 cm³/mol. The fourth-order valence-electron chi connectivity index (χ4n) is 2.13. The van der Waals surface area contributed by atoms with E-state index < -0.39 is 0 Å². The Bertz CT molecular complexity index is 393. The molecule has 2 rings (SSSR count). The summed E-state index contributed by atoms with van der Waals surface area (Å²) in [6.07, 6.45) is 6.58. The van der Waals surface area contributed by atoms with Gasteiger partial charge < -0.3 is 11.1 Å². The van der Waals surface area contributed by atoms with Crippen LogP contribution in [0.2, 0.25) is 0 Å². The van der Waals surface area contributed by atoms with Crippen LogP contribution in [0.1, 0.15) is 38.2 Å². The number of anilines is 1. The molecule has 0 aliphatic heterocycles. The minimum atomic E-state index is 0.216. The van der Waals surface area contributed by atoms with Gasteiger partial charge in [-0.25, -0.2) is 4.98 Å². The van der Waals surface area contributed by atoms with Crippen LogP contribution >= 0.6 is 12.2 Å². The van der Waals surface area contributed by atoms with Gasteiger partial charge in [-0.3, -0.25) is 0 Å². The van der Waals surface area contributed by atoms with E-state index in [-0.39, 0.29) is 5.54 Å². The van der Waals surface area contributed by atoms with E-state index in [1.54, 1.807) is 6.20 Å². The summed E-state index contributed by atoms with van der Waals surface area (Å²) in [6, 6.07) is 3.78. The number of nitrogens with two attached hydrogens (primary N) is 1. The Balaban J connectivity index is 2.23. The minimum Gasteiger partial charge on any atom is -0.389 e. The fraction of sp³-hybridized carbons (Fsp3) is 0.500. The standard InChI is InChI=1S/C12H17N3S/c1-2-12(6-4-7-12)15-11-9(10(13)16)5-3-8-14-11/h3,5,8H,2,4,6-7H2,1H3,(H2,13,16)(H,14,15). The molecule has 1 heterocycles. The molecule has 0 unspecified atom stereocenters. The summed E-state index contributed by atoms with van der Waals surface area (Å²) in [4.78, 5) is 4.74. The first kappa shape index (κ1) is 11.3. The lowest BCUT2D eigenvalue weighted by Gasteiger charge is -2.42. The Kier molecular flexibility index (Phi) is 3.10. The fourth-order valence-corrected chi connectivity index (χ4v) is 2.29. The molecule has 3 N–H and O–H groups in total. The molecule has 16 heavy (non-hydrogen) atoms. The van der Waals surface area contributed by atoms with Crippen molar-refractivity contribution in [2.75, 3.05) is 5.32 Å². The molecule has 1 aromatic heterocycles. The Morgan fingerprint density at radius 1 is 1.62 bits per heavy atom. The first-order chi connectivity index (χ1) is 7.67. The van der Waals surface area contributed by atoms with Crippen molar-refractivity contribution in [1.82, 2.24) is 4.98 Å². The Hall–Kier alpha value is -1.16. The Morgan fingerprint density at radius 2 is 2.38 bits per heavy atom. The van der Waals surface area contributed by atoms with E-state index >= 15 is 0 Å². The van der Waals surface area contributed by atoms with Crippen LogP contribution in [0.4, 0.5) is 5.82 Å². The first-order valence-electron chi connectivity index (χ1n) is 5.70. The molecule has 0 radical (unpaired) electrons. The van der Waals surface area contributed by atoms with E-state index in [4.69, 9.17) is 18.0 Å². The van der Waals surface area contributed by atoms with Crippen LogP contribution in [0.25, 0.3) is 0 Å². The van der Waals surface area contributed by atoms with Gasteiger partial charge in [0.1, 0.15) is 10.8 Å². The lowest BCUT2D eigenvalue weighted by molar-refractivity contribution is 0.269. The van der Waals surface area contributed by atoms with Crippen LogP contribution in [0.15, 0.2) is 18.3 Å². The molecule has 0 bridgehead atoms. The summed E-state index contributed by atoms with van der Waals surface area (Å²) in [5.41, 5.74) is 6.75. The maximum atomic E-state index is 5.69. The second-order valence-corrected chi connectivity index (χ2v) is 4.82. The van der Waals surface area contributed by atoms with Gasteiger partial charge in [0, 0.05) is 11.7 Å². The highest BCUT2D eigenvalue weighted by molar-refractivity contribution is 7.80. The first-order valence-corrected chi connectivity index (χ1v) is 6.11. The van der Waals surface area contributed by atoms with Gasteiger partial charge in [-0.15, -0.1) is 0 Å².